The molecule has 1 fully saturated rings. The number of likely N-dealkylation sites (tertiary alicyclic amines) is 1. The Balaban J connectivity index is 1.73. The van der Waals surface area contributed by atoms with Gasteiger partial charge in [-0.15, -0.1) is 0 Å². The zero-order chi connectivity index (χ0) is 25.9. The first-order valence-electron chi connectivity index (χ1n) is 12.4. The lowest BCUT2D eigenvalue weighted by Gasteiger charge is -2.33. The van der Waals surface area contributed by atoms with Gasteiger partial charge in [-0.3, -0.25) is 9.59 Å². The summed E-state index contributed by atoms with van der Waals surface area (Å²) < 4.78 is 47.2. The molecule has 2 unspecified atom stereocenters. The SMILES string of the molecule is CCOC(=O)C1CCCN(C(=O)CC(c2ccccc2C(F)(F)F)c2c[nH]c3c(CC)cccc23)C1. The Labute approximate surface area is 208 Å². The molecule has 0 bridgehead atoms. The van der Waals surface area contributed by atoms with Gasteiger partial charge in [-0.2, -0.15) is 13.2 Å². The number of carbonyl (C=O) groups is 2. The summed E-state index contributed by atoms with van der Waals surface area (Å²) in [4.78, 5) is 30.6. The molecular formula is C28H31F3N2O3. The molecule has 2 heterocycles. The first-order valence-corrected chi connectivity index (χ1v) is 12.4. The van der Waals surface area contributed by atoms with E-state index in [4.69, 9.17) is 4.74 Å². The van der Waals surface area contributed by atoms with Crippen LogP contribution in [0.2, 0.25) is 0 Å². The van der Waals surface area contributed by atoms with Crippen molar-refractivity contribution in [1.82, 2.24) is 9.88 Å². The number of ether oxygens (including phenoxy) is 1. The highest BCUT2D eigenvalue weighted by molar-refractivity contribution is 5.88. The van der Waals surface area contributed by atoms with Gasteiger partial charge in [0, 0.05) is 42.5 Å². The van der Waals surface area contributed by atoms with E-state index in [0.29, 0.717) is 24.9 Å². The van der Waals surface area contributed by atoms with Gasteiger partial charge in [-0.1, -0.05) is 43.3 Å². The Morgan fingerprint density at radius 1 is 1.11 bits per heavy atom. The highest BCUT2D eigenvalue weighted by Gasteiger charge is 2.37. The molecule has 1 amide bonds. The fourth-order valence-corrected chi connectivity index (χ4v) is 5.23. The van der Waals surface area contributed by atoms with Gasteiger partial charge in [0.15, 0.2) is 0 Å². The van der Waals surface area contributed by atoms with E-state index in [-0.39, 0.29) is 37.0 Å². The van der Waals surface area contributed by atoms with Gasteiger partial charge in [-0.05, 0) is 48.9 Å². The fraction of sp³-hybridized carbons (Fsp3) is 0.429. The predicted molar refractivity (Wildman–Crippen MR) is 132 cm³/mol. The van der Waals surface area contributed by atoms with Crippen molar-refractivity contribution in [3.8, 4) is 0 Å². The van der Waals surface area contributed by atoms with E-state index >= 15 is 0 Å². The Bertz CT molecular complexity index is 1230. The first kappa shape index (κ1) is 25.8. The molecule has 0 radical (unpaired) electrons. The minimum atomic E-state index is -4.56. The molecule has 4 rings (SSSR count). The smallest absolute Gasteiger partial charge is 0.416 e. The minimum Gasteiger partial charge on any atom is -0.466 e. The van der Waals surface area contributed by atoms with Crippen LogP contribution in [0.1, 0.15) is 61.3 Å². The molecule has 3 aromatic rings. The van der Waals surface area contributed by atoms with Crippen LogP contribution in [0.3, 0.4) is 0 Å². The number of carbonyl (C=O) groups excluding carboxylic acids is 2. The number of para-hydroxylation sites is 1. The molecular weight excluding hydrogens is 469 g/mol. The Morgan fingerprint density at radius 2 is 1.89 bits per heavy atom. The van der Waals surface area contributed by atoms with E-state index < -0.39 is 23.6 Å². The molecule has 8 heteroatoms. The summed E-state index contributed by atoms with van der Waals surface area (Å²) in [5, 5.41) is 0.812. The van der Waals surface area contributed by atoms with E-state index in [2.05, 4.69) is 4.98 Å². The lowest BCUT2D eigenvalue weighted by molar-refractivity contribution is -0.151. The molecule has 1 aliphatic rings. The zero-order valence-electron chi connectivity index (χ0n) is 20.5. The van der Waals surface area contributed by atoms with E-state index in [1.807, 2.05) is 25.1 Å². The van der Waals surface area contributed by atoms with Gasteiger partial charge >= 0.3 is 12.1 Å². The van der Waals surface area contributed by atoms with E-state index in [1.54, 1.807) is 24.1 Å². The second kappa shape index (κ2) is 10.8. The molecule has 1 aliphatic heterocycles. The third-order valence-electron chi connectivity index (χ3n) is 7.00. The minimum absolute atomic E-state index is 0.0695. The molecule has 1 saturated heterocycles. The third kappa shape index (κ3) is 5.27. The predicted octanol–water partition coefficient (Wildman–Crippen LogP) is 6.07. The number of H-pyrrole nitrogens is 1. The molecule has 2 aromatic carbocycles. The number of nitrogens with one attached hydrogen (secondary N) is 1. The maximum absolute atomic E-state index is 14.0. The van der Waals surface area contributed by atoms with Gasteiger partial charge < -0.3 is 14.6 Å². The van der Waals surface area contributed by atoms with Crippen LogP contribution in [0.4, 0.5) is 13.2 Å². The fourth-order valence-electron chi connectivity index (χ4n) is 5.23. The van der Waals surface area contributed by atoms with Crippen LogP contribution < -0.4 is 0 Å². The number of piperidine rings is 1. The number of aromatic nitrogens is 1. The normalized spacial score (nSPS) is 17.2. The van der Waals surface area contributed by atoms with Crippen molar-refractivity contribution in [2.75, 3.05) is 19.7 Å². The van der Waals surface area contributed by atoms with Crippen molar-refractivity contribution >= 4 is 22.8 Å². The number of nitrogens with zero attached hydrogens (tertiary/aromatic N) is 1. The van der Waals surface area contributed by atoms with E-state index in [0.717, 1.165) is 29.0 Å². The lowest BCUT2D eigenvalue weighted by Crippen LogP contribution is -2.43. The van der Waals surface area contributed by atoms with Gasteiger partial charge in [0.2, 0.25) is 5.91 Å². The number of aryl methyl sites for hydroxylation is 1. The Morgan fingerprint density at radius 3 is 2.61 bits per heavy atom. The average molecular weight is 501 g/mol. The number of alkyl halides is 3. The number of fused-ring (bicyclic) bond motifs is 1. The number of rotatable bonds is 7. The molecule has 2 atom stereocenters. The lowest BCUT2D eigenvalue weighted by atomic mass is 9.84. The topological polar surface area (TPSA) is 62.4 Å². The van der Waals surface area contributed by atoms with Crippen LogP contribution in [0, 0.1) is 5.92 Å². The Hall–Kier alpha value is -3.29. The van der Waals surface area contributed by atoms with Gasteiger partial charge in [0.05, 0.1) is 18.1 Å². The van der Waals surface area contributed by atoms with Crippen LogP contribution in [0.15, 0.2) is 48.7 Å². The number of amides is 1. The van der Waals surface area contributed by atoms with Crippen molar-refractivity contribution in [1.29, 1.82) is 0 Å². The van der Waals surface area contributed by atoms with Crippen LogP contribution in [0.5, 0.6) is 0 Å². The summed E-state index contributed by atoms with van der Waals surface area (Å²) in [6.07, 6.45) is -0.919. The van der Waals surface area contributed by atoms with Crippen molar-refractivity contribution < 1.29 is 27.5 Å². The summed E-state index contributed by atoms with van der Waals surface area (Å²) in [7, 11) is 0. The average Bonchev–Trinajstić information content (AvgIpc) is 3.31. The van der Waals surface area contributed by atoms with E-state index in [9.17, 15) is 22.8 Å². The van der Waals surface area contributed by atoms with Crippen LogP contribution in [-0.2, 0) is 26.9 Å². The summed E-state index contributed by atoms with van der Waals surface area (Å²) in [5.74, 6) is -1.83. The van der Waals surface area contributed by atoms with Gasteiger partial charge in [0.1, 0.15) is 0 Å². The highest BCUT2D eigenvalue weighted by Crippen LogP contribution is 2.41. The van der Waals surface area contributed by atoms with Gasteiger partial charge in [0.25, 0.3) is 0 Å². The summed E-state index contributed by atoms with van der Waals surface area (Å²) in [6, 6.07) is 11.2. The number of hydrogen-bond donors (Lipinski definition) is 1. The largest absolute Gasteiger partial charge is 0.466 e. The highest BCUT2D eigenvalue weighted by atomic mass is 19.4. The Kier molecular flexibility index (Phi) is 7.71. The summed E-state index contributed by atoms with van der Waals surface area (Å²) in [5.41, 5.74) is 1.91. The second-order valence-corrected chi connectivity index (χ2v) is 9.21. The molecule has 1 aromatic heterocycles. The van der Waals surface area contributed by atoms with Crippen molar-refractivity contribution in [2.45, 2.75) is 51.6 Å². The number of halogens is 3. The van der Waals surface area contributed by atoms with Crippen molar-refractivity contribution in [2.24, 2.45) is 5.92 Å². The molecule has 5 nitrogen and oxygen atoms in total. The molecule has 0 saturated carbocycles. The van der Waals surface area contributed by atoms with Crippen LogP contribution >= 0.6 is 0 Å². The maximum atomic E-state index is 14.0. The molecule has 192 valence electrons. The number of benzene rings is 2. The number of aromatic amines is 1. The summed E-state index contributed by atoms with van der Waals surface area (Å²) >= 11 is 0. The molecule has 0 aliphatic carbocycles. The standard InChI is InChI=1S/C28H31F3N2O3/c1-3-18-9-7-12-21-23(16-32-26(18)21)22(20-11-5-6-13-24(20)28(29,30)31)15-25(34)33-14-8-10-19(17-33)27(35)36-4-2/h5-7,9,11-13,16,19,22,32H,3-4,8,10,14-15,17H2,1-2H3. The monoisotopic (exact) mass is 500 g/mol. The summed E-state index contributed by atoms with van der Waals surface area (Å²) in [6.45, 7) is 4.71. The number of hydrogen-bond acceptors (Lipinski definition) is 3. The first-order chi connectivity index (χ1) is 17.2. The van der Waals surface area contributed by atoms with Crippen molar-refractivity contribution in [3.63, 3.8) is 0 Å². The molecule has 1 N–H and O–H groups in total. The van der Waals surface area contributed by atoms with Gasteiger partial charge in [-0.25, -0.2) is 0 Å². The molecule has 36 heavy (non-hydrogen) atoms. The van der Waals surface area contributed by atoms with Crippen LogP contribution in [0.25, 0.3) is 10.9 Å². The number of esters is 1. The zero-order valence-corrected chi connectivity index (χ0v) is 20.5. The van der Waals surface area contributed by atoms with E-state index in [1.165, 1.54) is 12.1 Å². The third-order valence-corrected chi connectivity index (χ3v) is 7.00. The quantitative estimate of drug-likeness (QED) is 0.401. The molecule has 0 spiro atoms. The van der Waals surface area contributed by atoms with Crippen molar-refractivity contribution in [3.05, 3.63) is 70.9 Å². The second-order valence-electron chi connectivity index (χ2n) is 9.21. The van der Waals surface area contributed by atoms with Crippen LogP contribution in [-0.4, -0.2) is 41.5 Å². The maximum Gasteiger partial charge on any atom is 0.416 e.